The van der Waals surface area contributed by atoms with Crippen LogP contribution >= 0.6 is 0 Å². The zero-order chi connectivity index (χ0) is 29.5. The molecule has 3 atom stereocenters. The highest BCUT2D eigenvalue weighted by molar-refractivity contribution is 5.94. The molecule has 1 aliphatic heterocycles. The molecule has 3 unspecified atom stereocenters. The maximum Gasteiger partial charge on any atom is 0.411 e. The van der Waals surface area contributed by atoms with Crippen molar-refractivity contribution in [2.24, 2.45) is 5.92 Å². The smallest absolute Gasteiger partial charge is 0.411 e. The second-order valence-electron chi connectivity index (χ2n) is 10.3. The Kier molecular flexibility index (Phi) is 13.0. The van der Waals surface area contributed by atoms with Crippen LogP contribution in [0.1, 0.15) is 85.1 Å². The average Bonchev–Trinajstić information content (AvgIpc) is 2.96. The zero-order valence-corrected chi connectivity index (χ0v) is 23.9. The molecule has 2 N–H and O–H groups in total. The molecule has 2 aromatic rings. The molecule has 0 saturated carbocycles. The Labute approximate surface area is 242 Å². The van der Waals surface area contributed by atoms with Gasteiger partial charge in [-0.2, -0.15) is 0 Å². The summed E-state index contributed by atoms with van der Waals surface area (Å²) in [6, 6.07) is 13.7. The number of phenolic OH excluding ortho intramolecular Hbond substituents is 1. The number of alkyl carbamates (subject to hydrolysis) is 1. The van der Waals surface area contributed by atoms with E-state index in [0.717, 1.165) is 25.7 Å². The van der Waals surface area contributed by atoms with E-state index < -0.39 is 30.2 Å². The van der Waals surface area contributed by atoms with Crippen molar-refractivity contribution in [1.29, 1.82) is 0 Å². The Morgan fingerprint density at radius 1 is 1.07 bits per heavy atom. The van der Waals surface area contributed by atoms with Crippen LogP contribution in [-0.4, -0.2) is 42.0 Å². The van der Waals surface area contributed by atoms with E-state index >= 15 is 0 Å². The van der Waals surface area contributed by atoms with Gasteiger partial charge in [-0.1, -0.05) is 81.7 Å². The number of allylic oxidation sites excluding steroid dienone is 2. The Hall–Kier alpha value is -4.07. The lowest BCUT2D eigenvalue weighted by Gasteiger charge is -2.28. The van der Waals surface area contributed by atoms with Crippen LogP contribution in [0.25, 0.3) is 0 Å². The van der Waals surface area contributed by atoms with Gasteiger partial charge in [0, 0.05) is 19.0 Å². The SMILES string of the molecule is CCCCCCOC(=O)N/C=C/CC1CC(OC(=O)c2ccccc2)C(C)C/C=C\Cc2cccc(O)c2C(=O)O1. The number of esters is 2. The van der Waals surface area contributed by atoms with Crippen LogP contribution in [-0.2, 0) is 20.6 Å². The van der Waals surface area contributed by atoms with Crippen molar-refractivity contribution >= 4 is 18.0 Å². The highest BCUT2D eigenvalue weighted by Crippen LogP contribution is 2.28. The lowest BCUT2D eigenvalue weighted by Crippen LogP contribution is -2.32. The monoisotopic (exact) mass is 563 g/mol. The van der Waals surface area contributed by atoms with Crippen LogP contribution in [0, 0.1) is 5.92 Å². The number of cyclic esters (lactones) is 1. The van der Waals surface area contributed by atoms with Gasteiger partial charge in [0.25, 0.3) is 0 Å². The summed E-state index contributed by atoms with van der Waals surface area (Å²) in [7, 11) is 0. The van der Waals surface area contributed by atoms with Crippen molar-refractivity contribution in [2.75, 3.05) is 6.61 Å². The van der Waals surface area contributed by atoms with Gasteiger partial charge in [-0.05, 0) is 48.9 Å². The van der Waals surface area contributed by atoms with Gasteiger partial charge in [-0.3, -0.25) is 5.32 Å². The molecule has 0 fully saturated rings. The lowest BCUT2D eigenvalue weighted by molar-refractivity contribution is -0.0129. The number of carbonyl (C=O) groups is 3. The van der Waals surface area contributed by atoms with Crippen LogP contribution in [0.3, 0.4) is 0 Å². The minimum absolute atomic E-state index is 0.0621. The average molecular weight is 564 g/mol. The summed E-state index contributed by atoms with van der Waals surface area (Å²) in [6.07, 6.45) is 10.9. The van der Waals surface area contributed by atoms with Gasteiger partial charge in [0.05, 0.1) is 12.2 Å². The Morgan fingerprint density at radius 2 is 1.88 bits per heavy atom. The second kappa shape index (κ2) is 16.9. The van der Waals surface area contributed by atoms with E-state index in [0.29, 0.717) is 30.6 Å². The molecule has 0 spiro atoms. The van der Waals surface area contributed by atoms with E-state index in [1.165, 1.54) is 12.3 Å². The Morgan fingerprint density at radius 3 is 2.66 bits per heavy atom. The highest BCUT2D eigenvalue weighted by atomic mass is 16.6. The van der Waals surface area contributed by atoms with Crippen LogP contribution in [0.4, 0.5) is 4.79 Å². The molecule has 1 amide bonds. The number of aromatic hydroxyl groups is 1. The third-order valence-corrected chi connectivity index (χ3v) is 6.97. The van der Waals surface area contributed by atoms with Crippen molar-refractivity contribution < 1.29 is 33.7 Å². The first-order valence-corrected chi connectivity index (χ1v) is 14.4. The van der Waals surface area contributed by atoms with Crippen molar-refractivity contribution in [2.45, 2.75) is 77.4 Å². The van der Waals surface area contributed by atoms with Crippen molar-refractivity contribution in [3.63, 3.8) is 0 Å². The van der Waals surface area contributed by atoms with Gasteiger partial charge >= 0.3 is 18.0 Å². The van der Waals surface area contributed by atoms with Crippen molar-refractivity contribution in [1.82, 2.24) is 5.32 Å². The van der Waals surface area contributed by atoms with E-state index in [1.54, 1.807) is 42.5 Å². The largest absolute Gasteiger partial charge is 0.507 e. The number of hydrogen-bond donors (Lipinski definition) is 2. The normalized spacial score (nSPS) is 20.1. The molecule has 1 heterocycles. The molecule has 0 saturated heterocycles. The number of hydrogen-bond acceptors (Lipinski definition) is 7. The molecule has 0 aromatic heterocycles. The van der Waals surface area contributed by atoms with Crippen LogP contribution in [0.5, 0.6) is 5.75 Å². The van der Waals surface area contributed by atoms with E-state index in [1.807, 2.05) is 25.1 Å². The number of fused-ring (bicyclic) bond motifs is 1. The first-order valence-electron chi connectivity index (χ1n) is 14.4. The number of amides is 1. The van der Waals surface area contributed by atoms with Gasteiger partial charge in [-0.25, -0.2) is 14.4 Å². The fourth-order valence-electron chi connectivity index (χ4n) is 4.59. The minimum Gasteiger partial charge on any atom is -0.507 e. The summed E-state index contributed by atoms with van der Waals surface area (Å²) in [4.78, 5) is 38.2. The van der Waals surface area contributed by atoms with Gasteiger partial charge in [0.2, 0.25) is 0 Å². The summed E-state index contributed by atoms with van der Waals surface area (Å²) in [5, 5.41) is 13.1. The van der Waals surface area contributed by atoms with Gasteiger partial charge in [-0.15, -0.1) is 0 Å². The first-order chi connectivity index (χ1) is 19.9. The standard InChI is InChI=1S/C33H41NO7/c1-3-4-5-11-22-39-33(38)34-21-13-19-27-23-29(41-31(36)26-16-7-6-8-17-26)24(2)14-9-10-15-25-18-12-20-28(35)30(25)32(37)40-27/h6-10,12-13,16-18,20-21,24,27,29,35H,3-5,11,14-15,19,22-23H2,1-2H3,(H,34,38)/b10-9-,21-13+. The summed E-state index contributed by atoms with van der Waals surface area (Å²) >= 11 is 0. The van der Waals surface area contributed by atoms with Crippen molar-refractivity contribution in [3.05, 3.63) is 89.6 Å². The fraction of sp³-hybridized carbons (Fsp3) is 0.424. The summed E-state index contributed by atoms with van der Waals surface area (Å²) in [5.74, 6) is -1.33. The number of benzene rings is 2. The third kappa shape index (κ3) is 10.4. The van der Waals surface area contributed by atoms with Crippen LogP contribution < -0.4 is 5.32 Å². The Balaban J connectivity index is 1.75. The predicted molar refractivity (Wildman–Crippen MR) is 157 cm³/mol. The molecular weight excluding hydrogens is 522 g/mol. The van der Waals surface area contributed by atoms with E-state index in [9.17, 15) is 19.5 Å². The molecule has 0 bridgehead atoms. The van der Waals surface area contributed by atoms with E-state index in [2.05, 4.69) is 12.2 Å². The second-order valence-corrected chi connectivity index (χ2v) is 10.3. The molecule has 8 heteroatoms. The maximum atomic E-state index is 13.3. The van der Waals surface area contributed by atoms with Gasteiger partial charge in [0.15, 0.2) is 0 Å². The molecule has 0 aliphatic carbocycles. The number of ether oxygens (including phenoxy) is 3. The third-order valence-electron chi connectivity index (χ3n) is 6.97. The molecule has 220 valence electrons. The molecule has 8 nitrogen and oxygen atoms in total. The summed E-state index contributed by atoms with van der Waals surface area (Å²) in [5.41, 5.74) is 1.21. The maximum absolute atomic E-state index is 13.3. The molecule has 41 heavy (non-hydrogen) atoms. The topological polar surface area (TPSA) is 111 Å². The summed E-state index contributed by atoms with van der Waals surface area (Å²) < 4.78 is 17.0. The molecule has 0 radical (unpaired) electrons. The first kappa shape index (κ1) is 31.5. The molecule has 1 aliphatic rings. The number of carbonyl (C=O) groups excluding carboxylic acids is 3. The molecular formula is C33H41NO7. The number of rotatable bonds is 10. The van der Waals surface area contributed by atoms with Crippen LogP contribution in [0.2, 0.25) is 0 Å². The number of phenols is 1. The lowest BCUT2D eigenvalue weighted by atomic mass is 9.93. The van der Waals surface area contributed by atoms with Gasteiger partial charge < -0.3 is 19.3 Å². The number of unbranched alkanes of at least 4 members (excludes halogenated alkanes) is 3. The minimum atomic E-state index is -0.697. The van der Waals surface area contributed by atoms with Crippen LogP contribution in [0.15, 0.2) is 73.0 Å². The highest BCUT2D eigenvalue weighted by Gasteiger charge is 2.29. The van der Waals surface area contributed by atoms with E-state index in [4.69, 9.17) is 14.2 Å². The van der Waals surface area contributed by atoms with Crippen molar-refractivity contribution in [3.8, 4) is 5.75 Å². The quantitative estimate of drug-likeness (QED) is 0.140. The molecule has 3 rings (SSSR count). The fourth-order valence-corrected chi connectivity index (χ4v) is 4.59. The Bertz CT molecular complexity index is 1190. The molecule has 2 aromatic carbocycles. The predicted octanol–water partition coefficient (Wildman–Crippen LogP) is 6.88. The number of nitrogens with one attached hydrogen (secondary N) is 1. The zero-order valence-electron chi connectivity index (χ0n) is 23.9. The van der Waals surface area contributed by atoms with E-state index in [-0.39, 0.29) is 30.1 Å². The van der Waals surface area contributed by atoms with Gasteiger partial charge in [0.1, 0.15) is 23.5 Å². The summed E-state index contributed by atoms with van der Waals surface area (Å²) in [6.45, 7) is 4.46.